The Balaban J connectivity index is 2.15. The molecule has 2 heteroatoms. The smallest absolute Gasteiger partial charge is 0.118 e. The molecule has 0 radical (unpaired) electrons. The van der Waals surface area contributed by atoms with Crippen LogP contribution in [0.15, 0.2) is 24.3 Å². The Bertz CT molecular complexity index is 324. The highest BCUT2D eigenvalue weighted by Gasteiger charge is 1.93. The van der Waals surface area contributed by atoms with Gasteiger partial charge in [0.2, 0.25) is 0 Å². The van der Waals surface area contributed by atoms with E-state index in [9.17, 15) is 0 Å². The van der Waals surface area contributed by atoms with Crippen LogP contribution < -0.4 is 10.1 Å². The molecule has 0 fully saturated rings. The van der Waals surface area contributed by atoms with Gasteiger partial charge >= 0.3 is 0 Å². The molecule has 0 amide bonds. The van der Waals surface area contributed by atoms with Crippen LogP contribution in [-0.2, 0) is 6.54 Å². The average molecular weight is 217 g/mol. The maximum absolute atomic E-state index is 5.18. The molecule has 0 atom stereocenters. The van der Waals surface area contributed by atoms with Crippen LogP contribution in [0.25, 0.3) is 0 Å². The first-order chi connectivity index (χ1) is 7.86. The van der Waals surface area contributed by atoms with Gasteiger partial charge in [-0.05, 0) is 37.1 Å². The number of hydrogen-bond donors (Lipinski definition) is 1. The Kier molecular flexibility index (Phi) is 6.13. The van der Waals surface area contributed by atoms with Gasteiger partial charge in [-0.3, -0.25) is 0 Å². The van der Waals surface area contributed by atoms with E-state index in [1.54, 1.807) is 7.11 Å². The molecule has 0 heterocycles. The first-order valence-electron chi connectivity index (χ1n) is 5.64. The fourth-order valence-electron chi connectivity index (χ4n) is 1.45. The van der Waals surface area contributed by atoms with Crippen molar-refractivity contribution in [3.63, 3.8) is 0 Å². The van der Waals surface area contributed by atoms with Crippen molar-refractivity contribution in [2.75, 3.05) is 13.7 Å². The summed E-state index contributed by atoms with van der Waals surface area (Å²) >= 11 is 0. The molecule has 1 N–H and O–H groups in total. The van der Waals surface area contributed by atoms with Crippen molar-refractivity contribution in [2.45, 2.75) is 25.8 Å². The van der Waals surface area contributed by atoms with Crippen molar-refractivity contribution in [1.29, 1.82) is 0 Å². The molecular formula is C14H19NO. The van der Waals surface area contributed by atoms with Crippen molar-refractivity contribution in [2.24, 2.45) is 0 Å². The number of rotatable bonds is 7. The second kappa shape index (κ2) is 7.78. The lowest BCUT2D eigenvalue weighted by molar-refractivity contribution is 0.414. The van der Waals surface area contributed by atoms with Crippen LogP contribution in [0.2, 0.25) is 0 Å². The minimum absolute atomic E-state index is 0.879. The van der Waals surface area contributed by atoms with Crippen molar-refractivity contribution in [3.8, 4) is 18.1 Å². The van der Waals surface area contributed by atoms with E-state index in [1.165, 1.54) is 5.56 Å². The fraction of sp³-hybridized carbons (Fsp3) is 0.429. The topological polar surface area (TPSA) is 21.3 Å². The van der Waals surface area contributed by atoms with E-state index in [0.29, 0.717) is 0 Å². The van der Waals surface area contributed by atoms with Gasteiger partial charge in [-0.2, -0.15) is 0 Å². The quantitative estimate of drug-likeness (QED) is 0.560. The lowest BCUT2D eigenvalue weighted by Gasteiger charge is -2.05. The number of nitrogens with one attached hydrogen (secondary N) is 1. The molecule has 0 spiro atoms. The number of ether oxygens (including phenoxy) is 1. The van der Waals surface area contributed by atoms with E-state index in [2.05, 4.69) is 23.4 Å². The van der Waals surface area contributed by atoms with E-state index in [-0.39, 0.29) is 0 Å². The molecule has 16 heavy (non-hydrogen) atoms. The van der Waals surface area contributed by atoms with Crippen molar-refractivity contribution < 1.29 is 4.74 Å². The standard InChI is InChI=1S/C14H19NO/c1-3-4-5-6-11-15-12-13-7-9-14(16-2)10-8-13/h1,7-10,15H,4-6,11-12H2,2H3. The van der Waals surface area contributed by atoms with Gasteiger partial charge in [0.25, 0.3) is 0 Å². The zero-order valence-corrected chi connectivity index (χ0v) is 9.83. The predicted molar refractivity (Wildman–Crippen MR) is 67.4 cm³/mol. The average Bonchev–Trinajstić information content (AvgIpc) is 2.34. The number of unbranched alkanes of at least 4 members (excludes halogenated alkanes) is 2. The van der Waals surface area contributed by atoms with Gasteiger partial charge in [-0.15, -0.1) is 12.3 Å². The molecule has 0 saturated heterocycles. The molecule has 1 aromatic rings. The summed E-state index contributed by atoms with van der Waals surface area (Å²) in [5.74, 6) is 3.55. The highest BCUT2D eigenvalue weighted by molar-refractivity contribution is 5.26. The number of hydrogen-bond acceptors (Lipinski definition) is 2. The summed E-state index contributed by atoms with van der Waals surface area (Å²) < 4.78 is 5.10. The lowest BCUT2D eigenvalue weighted by atomic mass is 10.2. The first-order valence-corrected chi connectivity index (χ1v) is 5.64. The van der Waals surface area contributed by atoms with Crippen molar-refractivity contribution in [3.05, 3.63) is 29.8 Å². The third-order valence-corrected chi connectivity index (χ3v) is 2.41. The summed E-state index contributed by atoms with van der Waals surface area (Å²) in [5.41, 5.74) is 1.28. The molecule has 86 valence electrons. The molecule has 0 aliphatic rings. The molecule has 0 aromatic heterocycles. The Morgan fingerprint density at radius 3 is 2.62 bits per heavy atom. The molecule has 1 rings (SSSR count). The second-order valence-corrected chi connectivity index (χ2v) is 3.69. The number of methoxy groups -OCH3 is 1. The third kappa shape index (κ3) is 4.86. The van der Waals surface area contributed by atoms with E-state index < -0.39 is 0 Å². The van der Waals surface area contributed by atoms with Gasteiger partial charge in [0, 0.05) is 13.0 Å². The summed E-state index contributed by atoms with van der Waals surface area (Å²) in [7, 11) is 1.68. The first kappa shape index (κ1) is 12.6. The SMILES string of the molecule is C#CCCCCNCc1ccc(OC)cc1. The maximum atomic E-state index is 5.18. The minimum Gasteiger partial charge on any atom is -0.497 e. The Morgan fingerprint density at radius 1 is 1.25 bits per heavy atom. The van der Waals surface area contributed by atoms with Gasteiger partial charge in [0.05, 0.1) is 7.11 Å². The number of benzene rings is 1. The van der Waals surface area contributed by atoms with E-state index in [4.69, 9.17) is 11.2 Å². The van der Waals surface area contributed by atoms with Crippen LogP contribution >= 0.6 is 0 Å². The normalized spacial score (nSPS) is 9.75. The summed E-state index contributed by atoms with van der Waals surface area (Å²) in [6.45, 7) is 1.92. The van der Waals surface area contributed by atoms with Gasteiger partial charge in [-0.25, -0.2) is 0 Å². The monoisotopic (exact) mass is 217 g/mol. The molecule has 0 saturated carbocycles. The lowest BCUT2D eigenvalue weighted by Crippen LogP contribution is -2.14. The summed E-state index contributed by atoms with van der Waals surface area (Å²) in [6.07, 6.45) is 8.30. The Hall–Kier alpha value is -1.46. The highest BCUT2D eigenvalue weighted by atomic mass is 16.5. The molecule has 0 aliphatic heterocycles. The van der Waals surface area contributed by atoms with Crippen molar-refractivity contribution >= 4 is 0 Å². The fourth-order valence-corrected chi connectivity index (χ4v) is 1.45. The van der Waals surface area contributed by atoms with Crippen LogP contribution in [0.4, 0.5) is 0 Å². The molecule has 1 aromatic carbocycles. The zero-order valence-electron chi connectivity index (χ0n) is 9.83. The summed E-state index contributed by atoms with van der Waals surface area (Å²) in [4.78, 5) is 0. The molecule has 2 nitrogen and oxygen atoms in total. The third-order valence-electron chi connectivity index (χ3n) is 2.41. The molecule has 0 unspecified atom stereocenters. The van der Waals surface area contributed by atoms with Crippen LogP contribution in [0, 0.1) is 12.3 Å². The molecular weight excluding hydrogens is 198 g/mol. The van der Waals surface area contributed by atoms with Gasteiger partial charge < -0.3 is 10.1 Å². The molecule has 0 aliphatic carbocycles. The predicted octanol–water partition coefficient (Wildman–Crippen LogP) is 2.59. The van der Waals surface area contributed by atoms with Crippen LogP contribution in [0.3, 0.4) is 0 Å². The number of terminal acetylenes is 1. The minimum atomic E-state index is 0.879. The van der Waals surface area contributed by atoms with Crippen LogP contribution in [0.5, 0.6) is 5.75 Å². The largest absolute Gasteiger partial charge is 0.497 e. The maximum Gasteiger partial charge on any atom is 0.118 e. The van der Waals surface area contributed by atoms with E-state index in [1.807, 2.05) is 12.1 Å². The van der Waals surface area contributed by atoms with Crippen LogP contribution in [0.1, 0.15) is 24.8 Å². The van der Waals surface area contributed by atoms with Crippen molar-refractivity contribution in [1.82, 2.24) is 5.32 Å². The van der Waals surface area contributed by atoms with E-state index >= 15 is 0 Å². The van der Waals surface area contributed by atoms with E-state index in [0.717, 1.165) is 38.1 Å². The molecule has 0 bridgehead atoms. The Labute approximate surface area is 98.0 Å². The summed E-state index contributed by atoms with van der Waals surface area (Å²) in [5, 5.41) is 3.39. The van der Waals surface area contributed by atoms with Gasteiger partial charge in [0.1, 0.15) is 5.75 Å². The second-order valence-electron chi connectivity index (χ2n) is 3.69. The Morgan fingerprint density at radius 2 is 2.00 bits per heavy atom. The zero-order chi connectivity index (χ0) is 11.6. The highest BCUT2D eigenvalue weighted by Crippen LogP contribution is 2.10. The van der Waals surface area contributed by atoms with Gasteiger partial charge in [0.15, 0.2) is 0 Å². The summed E-state index contributed by atoms with van der Waals surface area (Å²) in [6, 6.07) is 8.12. The van der Waals surface area contributed by atoms with Crippen LogP contribution in [-0.4, -0.2) is 13.7 Å². The van der Waals surface area contributed by atoms with Gasteiger partial charge in [-0.1, -0.05) is 12.1 Å².